The summed E-state index contributed by atoms with van der Waals surface area (Å²) in [6.07, 6.45) is 4.97. The molecule has 17 heavy (non-hydrogen) atoms. The van der Waals surface area contributed by atoms with Crippen molar-refractivity contribution in [2.75, 3.05) is 13.1 Å². The van der Waals surface area contributed by atoms with Crippen LogP contribution in [0.1, 0.15) is 31.2 Å². The van der Waals surface area contributed by atoms with E-state index >= 15 is 0 Å². The van der Waals surface area contributed by atoms with Gasteiger partial charge in [-0.15, -0.1) is 0 Å². The van der Waals surface area contributed by atoms with Gasteiger partial charge in [-0.3, -0.25) is 4.79 Å². The summed E-state index contributed by atoms with van der Waals surface area (Å²) < 4.78 is 0. The molecule has 0 spiro atoms. The summed E-state index contributed by atoms with van der Waals surface area (Å²) >= 11 is 0. The van der Waals surface area contributed by atoms with E-state index in [0.717, 1.165) is 45.2 Å². The van der Waals surface area contributed by atoms with Gasteiger partial charge in [0.15, 0.2) is 0 Å². The average Bonchev–Trinajstić information content (AvgIpc) is 2.41. The Morgan fingerprint density at radius 1 is 1.29 bits per heavy atom. The summed E-state index contributed by atoms with van der Waals surface area (Å²) in [6.45, 7) is 1.97. The molecule has 2 heteroatoms. The molecule has 1 heterocycles. The molecular formula is C15H21NO. The predicted octanol–water partition coefficient (Wildman–Crippen LogP) is 2.58. The first kappa shape index (κ1) is 12.3. The minimum atomic E-state index is 0.277. The van der Waals surface area contributed by atoms with Gasteiger partial charge < -0.3 is 5.32 Å². The molecule has 1 aliphatic heterocycles. The van der Waals surface area contributed by atoms with E-state index in [1.807, 2.05) is 6.07 Å². The average molecular weight is 231 g/mol. The van der Waals surface area contributed by atoms with Crippen LogP contribution in [0.4, 0.5) is 0 Å². The molecule has 1 unspecified atom stereocenters. The summed E-state index contributed by atoms with van der Waals surface area (Å²) in [5.41, 5.74) is 1.34. The molecule has 2 nitrogen and oxygen atoms in total. The number of piperidine rings is 1. The molecule has 0 aliphatic carbocycles. The summed E-state index contributed by atoms with van der Waals surface area (Å²) in [4.78, 5) is 11.9. The van der Waals surface area contributed by atoms with Crippen molar-refractivity contribution in [3.05, 3.63) is 35.9 Å². The third-order valence-electron chi connectivity index (χ3n) is 3.48. The van der Waals surface area contributed by atoms with Crippen LogP contribution >= 0.6 is 0 Å². The number of aryl methyl sites for hydroxylation is 1. The van der Waals surface area contributed by atoms with Crippen LogP contribution in [0.25, 0.3) is 0 Å². The number of carbonyl (C=O) groups excluding carboxylic acids is 1. The van der Waals surface area contributed by atoms with E-state index in [-0.39, 0.29) is 5.92 Å². The van der Waals surface area contributed by atoms with E-state index in [1.54, 1.807) is 0 Å². The van der Waals surface area contributed by atoms with Gasteiger partial charge >= 0.3 is 0 Å². The van der Waals surface area contributed by atoms with Crippen LogP contribution in [0.15, 0.2) is 30.3 Å². The molecule has 1 N–H and O–H groups in total. The van der Waals surface area contributed by atoms with Gasteiger partial charge in [-0.25, -0.2) is 0 Å². The third-order valence-corrected chi connectivity index (χ3v) is 3.48. The zero-order chi connectivity index (χ0) is 11.9. The van der Waals surface area contributed by atoms with Crippen molar-refractivity contribution >= 4 is 5.78 Å². The Labute approximate surface area is 103 Å². The second-order valence-electron chi connectivity index (χ2n) is 4.85. The Bertz CT molecular complexity index is 341. The normalized spacial score (nSPS) is 20.1. The maximum absolute atomic E-state index is 11.9. The Hall–Kier alpha value is -1.15. The van der Waals surface area contributed by atoms with E-state index in [4.69, 9.17) is 0 Å². The first-order valence-electron chi connectivity index (χ1n) is 6.63. The number of nitrogens with one attached hydrogen (secondary N) is 1. The highest BCUT2D eigenvalue weighted by Gasteiger charge is 2.19. The first-order valence-corrected chi connectivity index (χ1v) is 6.63. The number of benzene rings is 1. The highest BCUT2D eigenvalue weighted by atomic mass is 16.1. The first-order chi connectivity index (χ1) is 8.36. The van der Waals surface area contributed by atoms with Crippen LogP contribution in [-0.4, -0.2) is 18.9 Å². The molecule has 0 aromatic heterocycles. The van der Waals surface area contributed by atoms with E-state index < -0.39 is 0 Å². The highest BCUT2D eigenvalue weighted by molar-refractivity contribution is 5.81. The molecule has 0 amide bonds. The van der Waals surface area contributed by atoms with Gasteiger partial charge in [0.2, 0.25) is 0 Å². The fourth-order valence-corrected chi connectivity index (χ4v) is 2.44. The standard InChI is InChI=1S/C15H21NO/c17-15(14-9-5-11-16-12-14)10-4-8-13-6-2-1-3-7-13/h1-3,6-7,14,16H,4-5,8-12H2. The summed E-state index contributed by atoms with van der Waals surface area (Å²) in [5, 5.41) is 3.30. The van der Waals surface area contributed by atoms with E-state index in [1.165, 1.54) is 5.56 Å². The molecule has 2 rings (SSSR count). The van der Waals surface area contributed by atoms with E-state index in [9.17, 15) is 4.79 Å². The lowest BCUT2D eigenvalue weighted by Gasteiger charge is -2.21. The Balaban J connectivity index is 1.69. The van der Waals surface area contributed by atoms with Crippen LogP contribution in [-0.2, 0) is 11.2 Å². The van der Waals surface area contributed by atoms with Crippen LogP contribution < -0.4 is 5.32 Å². The van der Waals surface area contributed by atoms with Crippen molar-refractivity contribution in [3.8, 4) is 0 Å². The molecule has 1 atom stereocenters. The number of hydrogen-bond donors (Lipinski definition) is 1. The summed E-state index contributed by atoms with van der Waals surface area (Å²) in [5.74, 6) is 0.729. The molecule has 0 saturated carbocycles. The Morgan fingerprint density at radius 3 is 2.82 bits per heavy atom. The smallest absolute Gasteiger partial charge is 0.137 e. The molecule has 1 aromatic rings. The lowest BCUT2D eigenvalue weighted by molar-refractivity contribution is -0.123. The second kappa shape index (κ2) is 6.55. The van der Waals surface area contributed by atoms with Gasteiger partial charge in [0.05, 0.1) is 0 Å². The lowest BCUT2D eigenvalue weighted by atomic mass is 9.92. The molecular weight excluding hydrogens is 210 g/mol. The molecule has 1 aromatic carbocycles. The monoisotopic (exact) mass is 231 g/mol. The molecule has 1 fully saturated rings. The molecule has 92 valence electrons. The minimum absolute atomic E-state index is 0.277. The predicted molar refractivity (Wildman–Crippen MR) is 70.0 cm³/mol. The number of rotatable bonds is 5. The topological polar surface area (TPSA) is 29.1 Å². The largest absolute Gasteiger partial charge is 0.316 e. The molecule has 0 bridgehead atoms. The van der Waals surface area contributed by atoms with Gasteiger partial charge in [-0.1, -0.05) is 30.3 Å². The quantitative estimate of drug-likeness (QED) is 0.844. The maximum atomic E-state index is 11.9. The van der Waals surface area contributed by atoms with Crippen LogP contribution in [0.3, 0.4) is 0 Å². The van der Waals surface area contributed by atoms with Gasteiger partial charge in [0.25, 0.3) is 0 Å². The number of carbonyl (C=O) groups is 1. The number of Topliss-reactive ketones (excluding diaryl/α,β-unsaturated/α-hetero) is 1. The maximum Gasteiger partial charge on any atom is 0.137 e. The van der Waals surface area contributed by atoms with Crippen LogP contribution in [0.5, 0.6) is 0 Å². The van der Waals surface area contributed by atoms with Crippen molar-refractivity contribution in [2.45, 2.75) is 32.1 Å². The van der Waals surface area contributed by atoms with Crippen LogP contribution in [0.2, 0.25) is 0 Å². The zero-order valence-electron chi connectivity index (χ0n) is 10.3. The van der Waals surface area contributed by atoms with Crippen molar-refractivity contribution < 1.29 is 4.79 Å². The van der Waals surface area contributed by atoms with Crippen molar-refractivity contribution in [1.82, 2.24) is 5.32 Å². The summed E-state index contributed by atoms with van der Waals surface area (Å²) in [7, 11) is 0. The highest BCUT2D eigenvalue weighted by Crippen LogP contribution is 2.15. The van der Waals surface area contributed by atoms with E-state index in [2.05, 4.69) is 29.6 Å². The molecule has 1 saturated heterocycles. The van der Waals surface area contributed by atoms with Crippen molar-refractivity contribution in [2.24, 2.45) is 5.92 Å². The lowest BCUT2D eigenvalue weighted by Crippen LogP contribution is -2.34. The van der Waals surface area contributed by atoms with Crippen molar-refractivity contribution in [1.29, 1.82) is 0 Å². The van der Waals surface area contributed by atoms with Gasteiger partial charge in [0, 0.05) is 18.9 Å². The third kappa shape index (κ3) is 3.97. The summed E-state index contributed by atoms with van der Waals surface area (Å²) in [6, 6.07) is 10.4. The van der Waals surface area contributed by atoms with Gasteiger partial charge in [0.1, 0.15) is 5.78 Å². The SMILES string of the molecule is O=C(CCCc1ccccc1)C1CCCNC1. The van der Waals surface area contributed by atoms with Crippen LogP contribution in [0, 0.1) is 5.92 Å². The van der Waals surface area contributed by atoms with E-state index in [0.29, 0.717) is 5.78 Å². The molecule has 0 radical (unpaired) electrons. The Kier molecular flexibility index (Phi) is 4.75. The minimum Gasteiger partial charge on any atom is -0.316 e. The van der Waals surface area contributed by atoms with Gasteiger partial charge in [-0.05, 0) is 37.8 Å². The number of ketones is 1. The molecule has 1 aliphatic rings. The zero-order valence-corrected chi connectivity index (χ0v) is 10.3. The fourth-order valence-electron chi connectivity index (χ4n) is 2.44. The van der Waals surface area contributed by atoms with Gasteiger partial charge in [-0.2, -0.15) is 0 Å². The number of hydrogen-bond acceptors (Lipinski definition) is 2. The Morgan fingerprint density at radius 2 is 2.12 bits per heavy atom. The second-order valence-corrected chi connectivity index (χ2v) is 4.85. The van der Waals surface area contributed by atoms with Crippen molar-refractivity contribution in [3.63, 3.8) is 0 Å². The fraction of sp³-hybridized carbons (Fsp3) is 0.533.